The molecule has 5 heteroatoms. The average Bonchev–Trinajstić information content (AvgIpc) is 3.13. The minimum absolute atomic E-state index is 0. The van der Waals surface area contributed by atoms with Crippen LogP contribution >= 0.6 is 0 Å². The van der Waals surface area contributed by atoms with Gasteiger partial charge in [-0.1, -0.05) is 218 Å². The van der Waals surface area contributed by atoms with E-state index in [9.17, 15) is 19.8 Å². The summed E-state index contributed by atoms with van der Waals surface area (Å²) in [6.07, 6.45) is 59.5. The Morgan fingerprint density at radius 1 is 0.302 bits per heavy atom. The summed E-state index contributed by atoms with van der Waals surface area (Å²) < 4.78 is 0. The van der Waals surface area contributed by atoms with Gasteiger partial charge in [-0.05, 0) is 77.0 Å². The topological polar surface area (TPSA) is 80.3 Å². The maximum atomic E-state index is 10.3. The molecule has 4 nitrogen and oxygen atoms in total. The molecule has 0 N–H and O–H groups in total. The second kappa shape index (κ2) is 53.3. The number of hydrogen-bond acceptors (Lipinski definition) is 4. The molecule has 0 radical (unpaired) electrons. The van der Waals surface area contributed by atoms with Crippen molar-refractivity contribution in [3.8, 4) is 0 Å². The van der Waals surface area contributed by atoms with E-state index in [1.54, 1.807) is 0 Å². The summed E-state index contributed by atoms with van der Waals surface area (Å²) in [5.41, 5.74) is 0. The zero-order chi connectivity index (χ0) is 38.3. The molecule has 0 heterocycles. The van der Waals surface area contributed by atoms with Crippen molar-refractivity contribution in [3.63, 3.8) is 0 Å². The molecule has 53 heavy (non-hydrogen) atoms. The summed E-state index contributed by atoms with van der Waals surface area (Å²) in [4.78, 5) is 20.6. The molecule has 0 bridgehead atoms. The van der Waals surface area contributed by atoms with Crippen molar-refractivity contribution in [1.82, 2.24) is 0 Å². The molecule has 0 amide bonds. The standard InChI is InChI=1S/2C24H46O2.Mg/c2*1-2-3-4-5-6-7-8-9-10-11-12-13-14-15-16-17-18-19-20-21-22-23-24(25)26;/h2*9-10H,2-8,11-23H2,1H3,(H,25,26);/q;;+2/p-2/b2*10-9-;. The number of carboxylic acid groups (broad SMARTS) is 2. The first-order valence-electron chi connectivity index (χ1n) is 23.2. The molecule has 308 valence electrons. The largest absolute Gasteiger partial charge is 2.00 e. The van der Waals surface area contributed by atoms with E-state index in [-0.39, 0.29) is 35.9 Å². The minimum Gasteiger partial charge on any atom is -0.550 e. The van der Waals surface area contributed by atoms with Crippen molar-refractivity contribution in [1.29, 1.82) is 0 Å². The van der Waals surface area contributed by atoms with Gasteiger partial charge >= 0.3 is 23.1 Å². The zero-order valence-corrected chi connectivity index (χ0v) is 37.3. The van der Waals surface area contributed by atoms with Gasteiger partial charge in [0, 0.05) is 11.9 Å². The van der Waals surface area contributed by atoms with Gasteiger partial charge in [-0.25, -0.2) is 0 Å². The van der Waals surface area contributed by atoms with Crippen LogP contribution in [0.25, 0.3) is 0 Å². The monoisotopic (exact) mass is 755 g/mol. The maximum absolute atomic E-state index is 10.3. The molecule has 0 unspecified atom stereocenters. The predicted octanol–water partition coefficient (Wildman–Crippen LogP) is 13.8. The van der Waals surface area contributed by atoms with Crippen molar-refractivity contribution < 1.29 is 19.8 Å². The van der Waals surface area contributed by atoms with Gasteiger partial charge in [0.25, 0.3) is 0 Å². The Kier molecular flexibility index (Phi) is 56.8. The number of aliphatic carboxylic acids is 2. The number of allylic oxidation sites excluding steroid dienone is 4. The van der Waals surface area contributed by atoms with Gasteiger partial charge in [-0.3, -0.25) is 0 Å². The minimum atomic E-state index is -0.904. The summed E-state index contributed by atoms with van der Waals surface area (Å²) in [7, 11) is 0. The fourth-order valence-electron chi connectivity index (χ4n) is 6.80. The quantitative estimate of drug-likeness (QED) is 0.0353. The summed E-state index contributed by atoms with van der Waals surface area (Å²) >= 11 is 0. The summed E-state index contributed by atoms with van der Waals surface area (Å²) in [5.74, 6) is -1.81. The fraction of sp³-hybridized carbons (Fsp3) is 0.875. The average molecular weight is 756 g/mol. The third kappa shape index (κ3) is 60.6. The SMILES string of the molecule is CCCCCCCC/C=C\CCCCCCCCCCCCCC(=O)[O-].CCCCCCCC/C=C\CCCCCCCCCCCCCC(=O)[O-].[Mg+2]. The molecule has 0 spiro atoms. The molecule has 0 saturated carbocycles. The maximum Gasteiger partial charge on any atom is 2.00 e. The van der Waals surface area contributed by atoms with Crippen LogP contribution in [0.2, 0.25) is 0 Å². The first kappa shape index (κ1) is 56.5. The number of hydrogen-bond donors (Lipinski definition) is 0. The molecule has 0 fully saturated rings. The van der Waals surface area contributed by atoms with E-state index < -0.39 is 11.9 Å². The van der Waals surface area contributed by atoms with Crippen molar-refractivity contribution in [2.45, 2.75) is 271 Å². The Balaban J connectivity index is -0.000000926. The predicted molar refractivity (Wildman–Crippen MR) is 230 cm³/mol. The van der Waals surface area contributed by atoms with Crippen LogP contribution in [0.4, 0.5) is 0 Å². The first-order valence-corrected chi connectivity index (χ1v) is 23.2. The Morgan fingerprint density at radius 2 is 0.472 bits per heavy atom. The van der Waals surface area contributed by atoms with Crippen molar-refractivity contribution in [2.24, 2.45) is 0 Å². The number of carbonyl (C=O) groups is 2. The Hall–Kier alpha value is -0.814. The molecule has 0 aromatic heterocycles. The zero-order valence-electron chi connectivity index (χ0n) is 35.9. The molecule has 0 rings (SSSR count). The van der Waals surface area contributed by atoms with E-state index in [1.165, 1.54) is 218 Å². The van der Waals surface area contributed by atoms with Crippen LogP contribution in [0.1, 0.15) is 271 Å². The molecule has 0 aliphatic rings. The smallest absolute Gasteiger partial charge is 0.550 e. The molecule has 0 aliphatic carbocycles. The van der Waals surface area contributed by atoms with Gasteiger partial charge in [-0.2, -0.15) is 0 Å². The second-order valence-corrected chi connectivity index (χ2v) is 15.7. The van der Waals surface area contributed by atoms with Crippen molar-refractivity contribution in [3.05, 3.63) is 24.3 Å². The summed E-state index contributed by atoms with van der Waals surface area (Å²) in [6, 6.07) is 0. The van der Waals surface area contributed by atoms with Crippen LogP contribution in [0.3, 0.4) is 0 Å². The third-order valence-electron chi connectivity index (χ3n) is 10.3. The number of carboxylic acids is 2. The van der Waals surface area contributed by atoms with Gasteiger partial charge in [0.15, 0.2) is 0 Å². The Bertz CT molecular complexity index is 688. The Morgan fingerprint density at radius 3 is 0.660 bits per heavy atom. The molecular formula is C48H90MgO4. The van der Waals surface area contributed by atoms with E-state index in [1.807, 2.05) is 0 Å². The molecular weight excluding hydrogens is 665 g/mol. The second-order valence-electron chi connectivity index (χ2n) is 15.7. The fourth-order valence-corrected chi connectivity index (χ4v) is 6.80. The van der Waals surface area contributed by atoms with Crippen LogP contribution in [0, 0.1) is 0 Å². The van der Waals surface area contributed by atoms with Crippen molar-refractivity contribution >= 4 is 35.0 Å². The number of rotatable bonds is 42. The van der Waals surface area contributed by atoms with E-state index in [4.69, 9.17) is 0 Å². The van der Waals surface area contributed by atoms with E-state index in [0.717, 1.165) is 25.7 Å². The van der Waals surface area contributed by atoms with Crippen LogP contribution in [0.5, 0.6) is 0 Å². The Labute approximate surface area is 348 Å². The third-order valence-corrected chi connectivity index (χ3v) is 10.3. The van der Waals surface area contributed by atoms with Gasteiger partial charge in [-0.15, -0.1) is 0 Å². The van der Waals surface area contributed by atoms with Gasteiger partial charge in [0.1, 0.15) is 0 Å². The molecule has 0 atom stereocenters. The van der Waals surface area contributed by atoms with Crippen LogP contribution in [-0.4, -0.2) is 35.0 Å². The van der Waals surface area contributed by atoms with E-state index in [0.29, 0.717) is 0 Å². The van der Waals surface area contributed by atoms with Crippen LogP contribution in [-0.2, 0) is 9.59 Å². The van der Waals surface area contributed by atoms with Crippen molar-refractivity contribution in [2.75, 3.05) is 0 Å². The van der Waals surface area contributed by atoms with Gasteiger partial charge in [0.2, 0.25) is 0 Å². The van der Waals surface area contributed by atoms with E-state index >= 15 is 0 Å². The normalized spacial score (nSPS) is 11.2. The molecule has 0 aromatic carbocycles. The van der Waals surface area contributed by atoms with Crippen LogP contribution in [0.15, 0.2) is 24.3 Å². The first-order chi connectivity index (χ1) is 25.5. The summed E-state index contributed by atoms with van der Waals surface area (Å²) in [5, 5.41) is 20.6. The molecule has 0 aromatic rings. The molecule has 0 aliphatic heterocycles. The van der Waals surface area contributed by atoms with Gasteiger partial charge < -0.3 is 19.8 Å². The number of unbranched alkanes of at least 4 members (excludes halogenated alkanes) is 34. The van der Waals surface area contributed by atoms with E-state index in [2.05, 4.69) is 38.2 Å². The van der Waals surface area contributed by atoms with Crippen LogP contribution < -0.4 is 10.2 Å². The molecule has 0 saturated heterocycles. The number of carbonyl (C=O) groups excluding carboxylic acids is 2. The summed E-state index contributed by atoms with van der Waals surface area (Å²) in [6.45, 7) is 4.55. The van der Waals surface area contributed by atoms with Gasteiger partial charge in [0.05, 0.1) is 0 Å².